The van der Waals surface area contributed by atoms with Gasteiger partial charge >= 0.3 is 5.97 Å². The molecule has 2 amide bonds. The normalized spacial score (nSPS) is 18.3. The smallest absolute Gasteiger partial charge is 0.303 e. The van der Waals surface area contributed by atoms with E-state index < -0.39 is 5.97 Å². The monoisotopic (exact) mass is 494 g/mol. The highest BCUT2D eigenvalue weighted by atomic mass is 16.5. The molecule has 4 rings (SSSR count). The molecule has 0 bridgehead atoms. The summed E-state index contributed by atoms with van der Waals surface area (Å²) in [5, 5.41) is 8.92. The van der Waals surface area contributed by atoms with Crippen molar-refractivity contribution >= 4 is 17.8 Å². The van der Waals surface area contributed by atoms with Gasteiger partial charge in [-0.15, -0.1) is 0 Å². The molecule has 3 heterocycles. The van der Waals surface area contributed by atoms with Crippen molar-refractivity contribution in [3.63, 3.8) is 0 Å². The molecule has 1 spiro atoms. The van der Waals surface area contributed by atoms with Gasteiger partial charge in [-0.3, -0.25) is 19.4 Å². The first-order valence-electron chi connectivity index (χ1n) is 12.7. The number of hydrogen-bond acceptors (Lipinski definition) is 6. The van der Waals surface area contributed by atoms with Crippen LogP contribution in [0.1, 0.15) is 61.0 Å². The Kier molecular flexibility index (Phi) is 8.51. The van der Waals surface area contributed by atoms with Crippen molar-refractivity contribution in [2.75, 3.05) is 32.8 Å². The van der Waals surface area contributed by atoms with Crippen LogP contribution < -0.4 is 4.74 Å². The molecular weight excluding hydrogens is 460 g/mol. The number of piperidine rings is 1. The fourth-order valence-electron chi connectivity index (χ4n) is 5.25. The number of benzene rings is 1. The van der Waals surface area contributed by atoms with Crippen LogP contribution in [-0.4, -0.2) is 75.4 Å². The summed E-state index contributed by atoms with van der Waals surface area (Å²) in [7, 11) is 0. The SMILES string of the molecule is O=C(O)CCC(=O)N1CCC2(CCCCc3ccccc3OCCN(C(=O)c3cnccn3)C2)CC1. The Morgan fingerprint density at radius 2 is 1.78 bits per heavy atom. The van der Waals surface area contributed by atoms with Crippen molar-refractivity contribution in [2.45, 2.75) is 51.4 Å². The topological polar surface area (TPSA) is 113 Å². The van der Waals surface area contributed by atoms with E-state index in [1.165, 1.54) is 18.0 Å². The summed E-state index contributed by atoms with van der Waals surface area (Å²) >= 11 is 0. The van der Waals surface area contributed by atoms with E-state index in [-0.39, 0.29) is 30.1 Å². The Hall–Kier alpha value is -3.49. The van der Waals surface area contributed by atoms with E-state index in [2.05, 4.69) is 16.0 Å². The summed E-state index contributed by atoms with van der Waals surface area (Å²) in [5.74, 6) is -0.375. The molecule has 1 N–H and O–H groups in total. The summed E-state index contributed by atoms with van der Waals surface area (Å²) in [6.07, 6.45) is 9.89. The molecule has 2 aromatic rings. The maximum Gasteiger partial charge on any atom is 0.303 e. The Morgan fingerprint density at radius 1 is 0.972 bits per heavy atom. The fourth-order valence-corrected chi connectivity index (χ4v) is 5.25. The third-order valence-corrected chi connectivity index (χ3v) is 7.32. The van der Waals surface area contributed by atoms with E-state index in [0.717, 1.165) is 44.3 Å². The number of para-hydroxylation sites is 1. The lowest BCUT2D eigenvalue weighted by Gasteiger charge is -2.45. The quantitative estimate of drug-likeness (QED) is 0.694. The van der Waals surface area contributed by atoms with E-state index in [4.69, 9.17) is 9.84 Å². The van der Waals surface area contributed by atoms with Gasteiger partial charge in [0, 0.05) is 38.4 Å². The number of hydrogen-bond donors (Lipinski definition) is 1. The van der Waals surface area contributed by atoms with E-state index >= 15 is 0 Å². The molecule has 1 fully saturated rings. The zero-order valence-corrected chi connectivity index (χ0v) is 20.6. The van der Waals surface area contributed by atoms with Crippen LogP contribution in [0.15, 0.2) is 42.9 Å². The minimum atomic E-state index is -0.960. The summed E-state index contributed by atoms with van der Waals surface area (Å²) in [6.45, 7) is 2.51. The molecule has 0 unspecified atom stereocenters. The van der Waals surface area contributed by atoms with Crippen LogP contribution in [0.5, 0.6) is 5.75 Å². The van der Waals surface area contributed by atoms with Gasteiger partial charge in [-0.25, -0.2) is 4.98 Å². The summed E-state index contributed by atoms with van der Waals surface area (Å²) in [5.41, 5.74) is 1.36. The first kappa shape index (κ1) is 25.6. The number of aliphatic carboxylic acids is 1. The second-order valence-electron chi connectivity index (χ2n) is 9.76. The predicted molar refractivity (Wildman–Crippen MR) is 133 cm³/mol. The molecule has 2 aliphatic heterocycles. The fraction of sp³-hybridized carbons (Fsp3) is 0.519. The first-order chi connectivity index (χ1) is 17.5. The minimum Gasteiger partial charge on any atom is -0.491 e. The van der Waals surface area contributed by atoms with Crippen LogP contribution >= 0.6 is 0 Å². The largest absolute Gasteiger partial charge is 0.491 e. The third-order valence-electron chi connectivity index (χ3n) is 7.32. The molecule has 9 nitrogen and oxygen atoms in total. The molecule has 1 saturated heterocycles. The zero-order valence-electron chi connectivity index (χ0n) is 20.6. The lowest BCUT2D eigenvalue weighted by molar-refractivity contribution is -0.141. The van der Waals surface area contributed by atoms with Gasteiger partial charge in [-0.2, -0.15) is 0 Å². The number of carbonyl (C=O) groups is 3. The van der Waals surface area contributed by atoms with Gasteiger partial charge in [0.25, 0.3) is 5.91 Å². The maximum atomic E-state index is 13.5. The molecule has 9 heteroatoms. The molecule has 36 heavy (non-hydrogen) atoms. The zero-order chi connectivity index (χ0) is 25.4. The van der Waals surface area contributed by atoms with Crippen LogP contribution in [0.4, 0.5) is 0 Å². The molecule has 0 radical (unpaired) electrons. The molecule has 0 aliphatic carbocycles. The Labute approximate surface area is 211 Å². The van der Waals surface area contributed by atoms with E-state index in [1.54, 1.807) is 11.1 Å². The van der Waals surface area contributed by atoms with Crippen molar-refractivity contribution in [1.82, 2.24) is 19.8 Å². The van der Waals surface area contributed by atoms with Gasteiger partial charge in [0.2, 0.25) is 5.91 Å². The van der Waals surface area contributed by atoms with Crippen molar-refractivity contribution in [3.8, 4) is 5.75 Å². The number of ether oxygens (including phenoxy) is 1. The number of aromatic nitrogens is 2. The van der Waals surface area contributed by atoms with Gasteiger partial charge < -0.3 is 19.6 Å². The van der Waals surface area contributed by atoms with E-state index in [1.807, 2.05) is 23.1 Å². The number of fused-ring (bicyclic) bond motifs is 1. The lowest BCUT2D eigenvalue weighted by atomic mass is 9.73. The second kappa shape index (κ2) is 12.0. The molecule has 0 atom stereocenters. The number of carboxylic acid groups (broad SMARTS) is 1. The number of carboxylic acids is 1. The van der Waals surface area contributed by atoms with Gasteiger partial charge in [0.05, 0.1) is 19.2 Å². The molecule has 2 aliphatic rings. The van der Waals surface area contributed by atoms with E-state index in [0.29, 0.717) is 38.5 Å². The average molecular weight is 495 g/mol. The van der Waals surface area contributed by atoms with Crippen molar-refractivity contribution in [2.24, 2.45) is 5.41 Å². The summed E-state index contributed by atoms with van der Waals surface area (Å²) in [6, 6.07) is 8.07. The first-order valence-corrected chi connectivity index (χ1v) is 12.7. The van der Waals surface area contributed by atoms with E-state index in [9.17, 15) is 14.4 Å². The van der Waals surface area contributed by atoms with Gasteiger partial charge in [0.15, 0.2) is 0 Å². The molecule has 1 aromatic carbocycles. The number of carbonyl (C=O) groups excluding carboxylic acids is 2. The van der Waals surface area contributed by atoms with Crippen LogP contribution in [-0.2, 0) is 16.0 Å². The predicted octanol–water partition coefficient (Wildman–Crippen LogP) is 3.20. The minimum absolute atomic E-state index is 0.0242. The Morgan fingerprint density at radius 3 is 2.53 bits per heavy atom. The van der Waals surface area contributed by atoms with Crippen LogP contribution in [0.2, 0.25) is 0 Å². The van der Waals surface area contributed by atoms with Crippen LogP contribution in [0.3, 0.4) is 0 Å². The highest BCUT2D eigenvalue weighted by Gasteiger charge is 2.38. The number of rotatable bonds is 4. The van der Waals surface area contributed by atoms with Gasteiger partial charge in [0.1, 0.15) is 18.1 Å². The van der Waals surface area contributed by atoms with Crippen LogP contribution in [0, 0.1) is 5.41 Å². The van der Waals surface area contributed by atoms with Crippen molar-refractivity contribution < 1.29 is 24.2 Å². The second-order valence-corrected chi connectivity index (χ2v) is 9.76. The average Bonchev–Trinajstić information content (AvgIpc) is 2.90. The van der Waals surface area contributed by atoms with Crippen molar-refractivity contribution in [3.05, 3.63) is 54.1 Å². The van der Waals surface area contributed by atoms with Crippen molar-refractivity contribution in [1.29, 1.82) is 0 Å². The maximum absolute atomic E-state index is 13.5. The lowest BCUT2D eigenvalue weighted by Crippen LogP contribution is -2.50. The molecular formula is C27H34N4O5. The highest BCUT2D eigenvalue weighted by molar-refractivity contribution is 5.92. The Balaban J connectivity index is 1.52. The summed E-state index contributed by atoms with van der Waals surface area (Å²) in [4.78, 5) is 48.8. The highest BCUT2D eigenvalue weighted by Crippen LogP contribution is 2.39. The van der Waals surface area contributed by atoms with Crippen LogP contribution in [0.25, 0.3) is 0 Å². The number of aryl methyl sites for hydroxylation is 1. The standard InChI is InChI=1S/C27H34N4O5/c32-24(8-9-25(33)34)30-15-11-27(12-16-30)10-4-3-6-21-5-1-2-7-23(21)36-18-17-31(20-27)26(35)22-19-28-13-14-29-22/h1-2,5,7,13-14,19H,3-4,6,8-12,15-18,20H2,(H,33,34). The van der Waals surface area contributed by atoms with Gasteiger partial charge in [-0.05, 0) is 49.1 Å². The number of likely N-dealkylation sites (tertiary alicyclic amines) is 1. The summed E-state index contributed by atoms with van der Waals surface area (Å²) < 4.78 is 6.12. The third kappa shape index (κ3) is 6.59. The van der Waals surface area contributed by atoms with Gasteiger partial charge in [-0.1, -0.05) is 24.6 Å². The molecule has 1 aromatic heterocycles. The molecule has 0 saturated carbocycles. The number of nitrogens with zero attached hydrogens (tertiary/aromatic N) is 4. The Bertz CT molecular complexity index is 1050. The molecule has 192 valence electrons. The number of amides is 2.